The molecule has 3 fully saturated rings. The van der Waals surface area contributed by atoms with E-state index in [1.54, 1.807) is 0 Å². The van der Waals surface area contributed by atoms with Crippen molar-refractivity contribution in [2.75, 3.05) is 13.2 Å². The van der Waals surface area contributed by atoms with Crippen LogP contribution in [-0.4, -0.2) is 31.1 Å². The number of hydrogen-bond acceptors (Lipinski definition) is 3. The van der Waals surface area contributed by atoms with Crippen LogP contribution in [0.5, 0.6) is 0 Å². The molecular weight excluding hydrogens is 202 g/mol. The molecule has 2 bridgehead atoms. The highest BCUT2D eigenvalue weighted by Gasteiger charge is 2.42. The summed E-state index contributed by atoms with van der Waals surface area (Å²) in [6.07, 6.45) is 6.58. The Bertz CT molecular complexity index is 273. The summed E-state index contributed by atoms with van der Waals surface area (Å²) >= 11 is 0. The Morgan fingerprint density at radius 3 is 2.62 bits per heavy atom. The Hall–Kier alpha value is -0.410. The Morgan fingerprint density at radius 1 is 1.19 bits per heavy atom. The van der Waals surface area contributed by atoms with Gasteiger partial charge in [0.1, 0.15) is 5.78 Å². The van der Waals surface area contributed by atoms with Gasteiger partial charge in [0.25, 0.3) is 0 Å². The number of hydrogen-bond donors (Lipinski definition) is 1. The van der Waals surface area contributed by atoms with Crippen LogP contribution >= 0.6 is 0 Å². The van der Waals surface area contributed by atoms with Crippen LogP contribution in [0.25, 0.3) is 0 Å². The Morgan fingerprint density at radius 2 is 2.00 bits per heavy atom. The second kappa shape index (κ2) is 4.46. The van der Waals surface area contributed by atoms with E-state index in [0.29, 0.717) is 29.7 Å². The van der Waals surface area contributed by atoms with Crippen LogP contribution in [0.4, 0.5) is 0 Å². The molecule has 90 valence electrons. The monoisotopic (exact) mass is 223 g/mol. The minimum Gasteiger partial charge on any atom is -0.381 e. The fourth-order valence-corrected chi connectivity index (χ4v) is 3.57. The van der Waals surface area contributed by atoms with Gasteiger partial charge in [-0.2, -0.15) is 0 Å². The van der Waals surface area contributed by atoms with Gasteiger partial charge in [0.05, 0.1) is 0 Å². The summed E-state index contributed by atoms with van der Waals surface area (Å²) in [5.74, 6) is 1.45. The van der Waals surface area contributed by atoms with E-state index in [-0.39, 0.29) is 0 Å². The van der Waals surface area contributed by atoms with E-state index in [0.717, 1.165) is 38.9 Å². The molecule has 0 radical (unpaired) electrons. The van der Waals surface area contributed by atoms with Gasteiger partial charge < -0.3 is 10.1 Å². The van der Waals surface area contributed by atoms with Crippen molar-refractivity contribution in [3.8, 4) is 0 Å². The molecule has 0 aromatic heterocycles. The summed E-state index contributed by atoms with van der Waals surface area (Å²) in [5.41, 5.74) is 0. The van der Waals surface area contributed by atoms with E-state index in [4.69, 9.17) is 4.74 Å². The molecule has 3 unspecified atom stereocenters. The fraction of sp³-hybridized carbons (Fsp3) is 0.923. The molecule has 0 amide bonds. The summed E-state index contributed by atoms with van der Waals surface area (Å²) in [6.45, 7) is 1.71. The molecule has 0 aromatic carbocycles. The zero-order valence-electron chi connectivity index (χ0n) is 9.78. The largest absolute Gasteiger partial charge is 0.381 e. The summed E-state index contributed by atoms with van der Waals surface area (Å²) in [6, 6.07) is 1.16. The standard InChI is InChI=1S/C13H21NO2/c15-13(7-9-3-5-16-6-4-9)11-8-10-1-2-12(11)14-10/h9-12,14H,1-8H2. The van der Waals surface area contributed by atoms with Gasteiger partial charge in [-0.3, -0.25) is 4.79 Å². The molecule has 3 heterocycles. The Kier molecular flexibility index (Phi) is 2.99. The van der Waals surface area contributed by atoms with Crippen LogP contribution in [0.2, 0.25) is 0 Å². The lowest BCUT2D eigenvalue weighted by molar-refractivity contribution is -0.125. The third-order valence-corrected chi connectivity index (χ3v) is 4.54. The molecule has 3 rings (SSSR count). The predicted molar refractivity (Wildman–Crippen MR) is 61.2 cm³/mol. The third kappa shape index (κ3) is 2.03. The first kappa shape index (κ1) is 10.7. The summed E-state index contributed by atoms with van der Waals surface area (Å²) in [5, 5.41) is 3.55. The SMILES string of the molecule is O=C(CC1CCOCC1)C1CC2CCC1N2. The third-order valence-electron chi connectivity index (χ3n) is 4.54. The van der Waals surface area contributed by atoms with Crippen LogP contribution in [0.15, 0.2) is 0 Å². The maximum atomic E-state index is 12.2. The van der Waals surface area contributed by atoms with Crippen molar-refractivity contribution in [2.45, 2.75) is 50.6 Å². The Labute approximate surface area is 96.9 Å². The lowest BCUT2D eigenvalue weighted by Gasteiger charge is -2.24. The molecule has 3 atom stereocenters. The maximum absolute atomic E-state index is 12.2. The fourth-order valence-electron chi connectivity index (χ4n) is 3.57. The van der Waals surface area contributed by atoms with Crippen molar-refractivity contribution in [3.05, 3.63) is 0 Å². The zero-order chi connectivity index (χ0) is 11.0. The predicted octanol–water partition coefficient (Wildman–Crippen LogP) is 1.51. The number of ether oxygens (including phenoxy) is 1. The first-order valence-corrected chi connectivity index (χ1v) is 6.69. The number of ketones is 1. The van der Waals surface area contributed by atoms with Crippen LogP contribution < -0.4 is 5.32 Å². The van der Waals surface area contributed by atoms with Crippen molar-refractivity contribution < 1.29 is 9.53 Å². The van der Waals surface area contributed by atoms with Gasteiger partial charge in [0.15, 0.2) is 0 Å². The van der Waals surface area contributed by atoms with E-state index in [1.165, 1.54) is 12.8 Å². The first-order chi connectivity index (χ1) is 7.83. The number of carbonyl (C=O) groups is 1. The van der Waals surface area contributed by atoms with Gasteiger partial charge in [-0.15, -0.1) is 0 Å². The van der Waals surface area contributed by atoms with E-state index in [2.05, 4.69) is 5.32 Å². The van der Waals surface area contributed by atoms with Crippen molar-refractivity contribution in [2.24, 2.45) is 11.8 Å². The van der Waals surface area contributed by atoms with Crippen molar-refractivity contribution in [1.82, 2.24) is 5.32 Å². The van der Waals surface area contributed by atoms with E-state index in [1.807, 2.05) is 0 Å². The highest BCUT2D eigenvalue weighted by atomic mass is 16.5. The number of nitrogens with one attached hydrogen (secondary N) is 1. The molecule has 0 aromatic rings. The molecule has 3 aliphatic rings. The maximum Gasteiger partial charge on any atom is 0.137 e. The highest BCUT2D eigenvalue weighted by Crippen LogP contribution is 2.35. The molecule has 3 heteroatoms. The Balaban J connectivity index is 1.53. The molecule has 3 aliphatic heterocycles. The van der Waals surface area contributed by atoms with Gasteiger partial charge in [0, 0.05) is 37.6 Å². The topological polar surface area (TPSA) is 38.3 Å². The molecule has 3 saturated heterocycles. The van der Waals surface area contributed by atoms with Gasteiger partial charge in [-0.25, -0.2) is 0 Å². The van der Waals surface area contributed by atoms with E-state index >= 15 is 0 Å². The van der Waals surface area contributed by atoms with Gasteiger partial charge >= 0.3 is 0 Å². The molecule has 0 aliphatic carbocycles. The summed E-state index contributed by atoms with van der Waals surface area (Å²) < 4.78 is 5.33. The number of Topliss-reactive ketones (excluding diaryl/α,β-unsaturated/α-hetero) is 1. The average Bonchev–Trinajstić information content (AvgIpc) is 2.92. The van der Waals surface area contributed by atoms with Crippen molar-refractivity contribution in [3.63, 3.8) is 0 Å². The molecule has 1 N–H and O–H groups in total. The first-order valence-electron chi connectivity index (χ1n) is 6.69. The molecule has 0 saturated carbocycles. The minimum atomic E-state index is 0.335. The van der Waals surface area contributed by atoms with E-state index in [9.17, 15) is 4.79 Å². The van der Waals surface area contributed by atoms with Gasteiger partial charge in [-0.1, -0.05) is 0 Å². The molecule has 3 nitrogen and oxygen atoms in total. The van der Waals surface area contributed by atoms with Crippen LogP contribution in [0, 0.1) is 11.8 Å². The number of carbonyl (C=O) groups excluding carboxylic acids is 1. The summed E-state index contributed by atoms with van der Waals surface area (Å²) in [7, 11) is 0. The highest BCUT2D eigenvalue weighted by molar-refractivity contribution is 5.82. The average molecular weight is 223 g/mol. The van der Waals surface area contributed by atoms with Gasteiger partial charge in [-0.05, 0) is 38.0 Å². The normalized spacial score (nSPS) is 39.1. The lowest BCUT2D eigenvalue weighted by atomic mass is 9.81. The van der Waals surface area contributed by atoms with Crippen LogP contribution in [0.1, 0.15) is 38.5 Å². The smallest absolute Gasteiger partial charge is 0.137 e. The van der Waals surface area contributed by atoms with Crippen LogP contribution in [0.3, 0.4) is 0 Å². The van der Waals surface area contributed by atoms with Gasteiger partial charge in [0.2, 0.25) is 0 Å². The quantitative estimate of drug-likeness (QED) is 0.788. The van der Waals surface area contributed by atoms with E-state index < -0.39 is 0 Å². The number of fused-ring (bicyclic) bond motifs is 2. The lowest BCUT2D eigenvalue weighted by Crippen LogP contribution is -2.30. The summed E-state index contributed by atoms with van der Waals surface area (Å²) in [4.78, 5) is 12.2. The minimum absolute atomic E-state index is 0.335. The van der Waals surface area contributed by atoms with Crippen LogP contribution in [-0.2, 0) is 9.53 Å². The molecule has 0 spiro atoms. The van der Waals surface area contributed by atoms with Crippen molar-refractivity contribution in [1.29, 1.82) is 0 Å². The molecular formula is C13H21NO2. The molecule has 16 heavy (non-hydrogen) atoms. The zero-order valence-corrected chi connectivity index (χ0v) is 9.78. The second-order valence-corrected chi connectivity index (χ2v) is 5.62. The second-order valence-electron chi connectivity index (χ2n) is 5.62. The number of rotatable bonds is 3. The van der Waals surface area contributed by atoms with Crippen molar-refractivity contribution >= 4 is 5.78 Å².